The van der Waals surface area contributed by atoms with Crippen LogP contribution in [0, 0.1) is 19.6 Å². The summed E-state index contributed by atoms with van der Waals surface area (Å²) in [6.07, 6.45) is 5.28. The number of nitrogens with one attached hydrogen (secondary N) is 1. The predicted octanol–water partition coefficient (Wildman–Crippen LogP) is 3.80. The molecule has 1 aliphatic rings. The van der Waals surface area contributed by atoms with Crippen LogP contribution < -0.4 is 5.32 Å². The van der Waals surface area contributed by atoms with Gasteiger partial charge in [-0.1, -0.05) is 12.8 Å². The van der Waals surface area contributed by atoms with Crippen LogP contribution in [0.5, 0.6) is 0 Å². The van der Waals surface area contributed by atoms with Crippen molar-refractivity contribution < 1.29 is 4.92 Å². The van der Waals surface area contributed by atoms with E-state index in [4.69, 9.17) is 0 Å². The highest BCUT2D eigenvalue weighted by Crippen LogP contribution is 2.33. The minimum Gasteiger partial charge on any atom is -0.385 e. The first-order chi connectivity index (χ1) is 8.16. The van der Waals surface area contributed by atoms with Crippen molar-refractivity contribution in [3.63, 3.8) is 0 Å². The lowest BCUT2D eigenvalue weighted by molar-refractivity contribution is -0.385. The van der Waals surface area contributed by atoms with Crippen molar-refractivity contribution in [1.29, 1.82) is 0 Å². The molecule has 0 spiro atoms. The van der Waals surface area contributed by atoms with E-state index in [1.807, 2.05) is 28.7 Å². The largest absolute Gasteiger partial charge is 0.385 e. The van der Waals surface area contributed by atoms with Gasteiger partial charge in [0.05, 0.1) is 8.49 Å². The molecule has 1 aliphatic carbocycles. The minimum absolute atomic E-state index is 0.175. The Bertz CT molecular complexity index is 419. The third kappa shape index (κ3) is 3.83. The van der Waals surface area contributed by atoms with E-state index >= 15 is 0 Å². The van der Waals surface area contributed by atoms with Gasteiger partial charge in [0.1, 0.15) is 0 Å². The first-order valence-electron chi connectivity index (χ1n) is 5.84. The van der Waals surface area contributed by atoms with Gasteiger partial charge in [0, 0.05) is 18.3 Å². The van der Waals surface area contributed by atoms with E-state index in [0.717, 1.165) is 18.2 Å². The molecule has 0 saturated heterocycles. The SMILES string of the molecule is O=[N+]([O-])c1ccc(NCCCC2CC2)cc1I. The van der Waals surface area contributed by atoms with Crippen molar-refractivity contribution in [3.05, 3.63) is 31.9 Å². The van der Waals surface area contributed by atoms with E-state index in [9.17, 15) is 10.1 Å². The maximum absolute atomic E-state index is 10.7. The Morgan fingerprint density at radius 3 is 2.82 bits per heavy atom. The van der Waals surface area contributed by atoms with Gasteiger partial charge in [0.25, 0.3) is 5.69 Å². The molecule has 92 valence electrons. The van der Waals surface area contributed by atoms with E-state index in [-0.39, 0.29) is 10.6 Å². The van der Waals surface area contributed by atoms with Crippen molar-refractivity contribution >= 4 is 34.0 Å². The average Bonchev–Trinajstić information content (AvgIpc) is 3.08. The van der Waals surface area contributed by atoms with Crippen LogP contribution in [0.2, 0.25) is 0 Å². The Hall–Kier alpha value is -0.850. The van der Waals surface area contributed by atoms with E-state index in [1.54, 1.807) is 12.1 Å². The fraction of sp³-hybridized carbons (Fsp3) is 0.500. The van der Waals surface area contributed by atoms with Crippen molar-refractivity contribution in [1.82, 2.24) is 0 Å². The number of nitro groups is 1. The van der Waals surface area contributed by atoms with Gasteiger partial charge < -0.3 is 5.32 Å². The van der Waals surface area contributed by atoms with Gasteiger partial charge in [0.15, 0.2) is 0 Å². The summed E-state index contributed by atoms with van der Waals surface area (Å²) in [6.45, 7) is 0.949. The Balaban J connectivity index is 1.83. The molecule has 0 bridgehead atoms. The van der Waals surface area contributed by atoms with Crippen LogP contribution in [0.4, 0.5) is 11.4 Å². The summed E-state index contributed by atoms with van der Waals surface area (Å²) in [7, 11) is 0. The van der Waals surface area contributed by atoms with Crippen LogP contribution >= 0.6 is 22.6 Å². The highest BCUT2D eigenvalue weighted by atomic mass is 127. The summed E-state index contributed by atoms with van der Waals surface area (Å²) < 4.78 is 0.680. The summed E-state index contributed by atoms with van der Waals surface area (Å²) in [5.41, 5.74) is 1.14. The molecule has 17 heavy (non-hydrogen) atoms. The summed E-state index contributed by atoms with van der Waals surface area (Å²) in [5.74, 6) is 0.966. The number of benzene rings is 1. The molecule has 0 heterocycles. The zero-order valence-electron chi connectivity index (χ0n) is 9.49. The molecular formula is C12H15IN2O2. The van der Waals surface area contributed by atoms with Gasteiger partial charge in [0.2, 0.25) is 0 Å². The van der Waals surface area contributed by atoms with Gasteiger partial charge in [-0.05, 0) is 53.5 Å². The summed E-state index contributed by atoms with van der Waals surface area (Å²) in [5, 5.41) is 14.0. The molecule has 0 atom stereocenters. The second-order valence-corrected chi connectivity index (χ2v) is 5.60. The highest BCUT2D eigenvalue weighted by Gasteiger charge is 2.19. The molecule has 1 saturated carbocycles. The second kappa shape index (κ2) is 5.66. The maximum Gasteiger partial charge on any atom is 0.282 e. The predicted molar refractivity (Wildman–Crippen MR) is 76.3 cm³/mol. The Morgan fingerprint density at radius 2 is 2.24 bits per heavy atom. The normalized spacial score (nSPS) is 14.6. The Morgan fingerprint density at radius 1 is 1.47 bits per heavy atom. The molecule has 0 radical (unpaired) electrons. The number of hydrogen-bond donors (Lipinski definition) is 1. The van der Waals surface area contributed by atoms with Gasteiger partial charge >= 0.3 is 0 Å². The number of halogens is 1. The molecule has 0 aromatic heterocycles. The van der Waals surface area contributed by atoms with Gasteiger partial charge in [-0.15, -0.1) is 0 Å². The number of nitro benzene ring substituents is 1. The van der Waals surface area contributed by atoms with Crippen molar-refractivity contribution in [2.45, 2.75) is 25.7 Å². The fourth-order valence-corrected chi connectivity index (χ4v) is 2.51. The third-order valence-electron chi connectivity index (χ3n) is 2.96. The van der Waals surface area contributed by atoms with E-state index in [0.29, 0.717) is 3.57 Å². The number of nitrogens with zero attached hydrogens (tertiary/aromatic N) is 1. The lowest BCUT2D eigenvalue weighted by Gasteiger charge is -2.06. The van der Waals surface area contributed by atoms with E-state index in [2.05, 4.69) is 5.32 Å². The Labute approximate surface area is 114 Å². The molecule has 1 fully saturated rings. The van der Waals surface area contributed by atoms with Crippen LogP contribution in [0.25, 0.3) is 0 Å². The van der Waals surface area contributed by atoms with Gasteiger partial charge in [-0.3, -0.25) is 10.1 Å². The van der Waals surface area contributed by atoms with Gasteiger partial charge in [-0.2, -0.15) is 0 Å². The fourth-order valence-electron chi connectivity index (χ4n) is 1.79. The minimum atomic E-state index is -0.349. The topological polar surface area (TPSA) is 55.2 Å². The molecular weight excluding hydrogens is 331 g/mol. The molecule has 5 heteroatoms. The van der Waals surface area contributed by atoms with Crippen LogP contribution in [-0.2, 0) is 0 Å². The Kier molecular flexibility index (Phi) is 4.20. The summed E-state index contributed by atoms with van der Waals surface area (Å²) >= 11 is 2.00. The molecule has 1 aromatic carbocycles. The average molecular weight is 346 g/mol. The van der Waals surface area contributed by atoms with Crippen LogP contribution in [0.1, 0.15) is 25.7 Å². The zero-order chi connectivity index (χ0) is 12.3. The molecule has 0 aliphatic heterocycles. The third-order valence-corrected chi connectivity index (χ3v) is 3.82. The van der Waals surface area contributed by atoms with Crippen molar-refractivity contribution in [2.75, 3.05) is 11.9 Å². The van der Waals surface area contributed by atoms with E-state index < -0.39 is 0 Å². The first-order valence-corrected chi connectivity index (χ1v) is 6.92. The summed E-state index contributed by atoms with van der Waals surface area (Å²) in [4.78, 5) is 10.3. The zero-order valence-corrected chi connectivity index (χ0v) is 11.6. The molecule has 1 N–H and O–H groups in total. The number of anilines is 1. The monoisotopic (exact) mass is 346 g/mol. The lowest BCUT2D eigenvalue weighted by Crippen LogP contribution is -2.02. The van der Waals surface area contributed by atoms with Crippen LogP contribution in [0.3, 0.4) is 0 Å². The maximum atomic E-state index is 10.7. The number of hydrogen-bond acceptors (Lipinski definition) is 3. The summed E-state index contributed by atoms with van der Waals surface area (Å²) in [6, 6.07) is 5.16. The smallest absolute Gasteiger partial charge is 0.282 e. The molecule has 2 rings (SSSR count). The van der Waals surface area contributed by atoms with Crippen LogP contribution in [0.15, 0.2) is 18.2 Å². The van der Waals surface area contributed by atoms with Crippen LogP contribution in [-0.4, -0.2) is 11.5 Å². The van der Waals surface area contributed by atoms with E-state index in [1.165, 1.54) is 25.7 Å². The quantitative estimate of drug-likeness (QED) is 0.369. The van der Waals surface area contributed by atoms with Crippen molar-refractivity contribution in [3.8, 4) is 0 Å². The highest BCUT2D eigenvalue weighted by molar-refractivity contribution is 14.1. The standard InChI is InChI=1S/C12H15IN2O2/c13-11-8-10(5-6-12(11)15(16)17)14-7-1-2-9-3-4-9/h5-6,8-9,14H,1-4,7H2. The molecule has 0 amide bonds. The molecule has 4 nitrogen and oxygen atoms in total. The number of rotatable bonds is 6. The second-order valence-electron chi connectivity index (χ2n) is 4.44. The first kappa shape index (κ1) is 12.6. The van der Waals surface area contributed by atoms with Crippen molar-refractivity contribution in [2.24, 2.45) is 5.92 Å². The lowest BCUT2D eigenvalue weighted by atomic mass is 10.2. The molecule has 0 unspecified atom stereocenters. The molecule has 1 aromatic rings. The van der Waals surface area contributed by atoms with Gasteiger partial charge in [-0.25, -0.2) is 0 Å².